The maximum absolute atomic E-state index is 12.9. The Morgan fingerprint density at radius 3 is 2.49 bits per heavy atom. The number of nitrogens with zero attached hydrogens (tertiary/aromatic N) is 2. The molecule has 1 aliphatic rings. The number of ether oxygens (including phenoxy) is 2. The molecule has 5 rings (SSSR count). The smallest absolute Gasteiger partial charge is 0.275 e. The molecule has 0 bridgehead atoms. The summed E-state index contributed by atoms with van der Waals surface area (Å²) < 4.78 is 11.5. The van der Waals surface area contributed by atoms with Crippen LogP contribution in [-0.4, -0.2) is 34.3 Å². The first kappa shape index (κ1) is 23.5. The minimum atomic E-state index is -0.824. The van der Waals surface area contributed by atoms with Gasteiger partial charge >= 0.3 is 0 Å². The van der Waals surface area contributed by atoms with E-state index in [1.54, 1.807) is 54.6 Å². The van der Waals surface area contributed by atoms with E-state index >= 15 is 0 Å². The van der Waals surface area contributed by atoms with E-state index in [4.69, 9.17) is 15.2 Å². The second-order valence-electron chi connectivity index (χ2n) is 8.19. The van der Waals surface area contributed by atoms with Gasteiger partial charge in [0.1, 0.15) is 6.54 Å². The number of anilines is 1. The van der Waals surface area contributed by atoms with Crippen molar-refractivity contribution in [3.05, 3.63) is 93.9 Å². The first-order chi connectivity index (χ1) is 17.9. The number of aromatic nitrogens is 2. The number of rotatable bonds is 7. The average molecular weight is 499 g/mol. The van der Waals surface area contributed by atoms with E-state index in [0.29, 0.717) is 16.9 Å². The van der Waals surface area contributed by atoms with Gasteiger partial charge in [0.05, 0.1) is 16.6 Å². The van der Waals surface area contributed by atoms with Crippen molar-refractivity contribution in [2.24, 2.45) is 5.73 Å². The average Bonchev–Trinajstić information content (AvgIpc) is 3.37. The molecule has 1 aliphatic heterocycles. The molecule has 11 nitrogen and oxygen atoms in total. The molecule has 0 radical (unpaired) electrons. The molecular weight excluding hydrogens is 478 g/mol. The lowest BCUT2D eigenvalue weighted by Crippen LogP contribution is -2.33. The predicted octanol–water partition coefficient (Wildman–Crippen LogP) is 1.79. The van der Waals surface area contributed by atoms with Gasteiger partial charge in [-0.15, -0.1) is 0 Å². The molecule has 4 N–H and O–H groups in total. The van der Waals surface area contributed by atoms with E-state index in [1.807, 2.05) is 6.07 Å². The Bertz CT molecular complexity index is 1610. The molecule has 0 saturated carbocycles. The third-order valence-electron chi connectivity index (χ3n) is 5.73. The van der Waals surface area contributed by atoms with Gasteiger partial charge in [-0.1, -0.05) is 36.4 Å². The Kier molecular flexibility index (Phi) is 6.25. The summed E-state index contributed by atoms with van der Waals surface area (Å²) in [5.74, 6) is -0.598. The number of nitrogens with one attached hydrogen (secondary N) is 2. The third kappa shape index (κ3) is 4.82. The second kappa shape index (κ2) is 9.82. The highest BCUT2D eigenvalue weighted by molar-refractivity contribution is 6.05. The van der Waals surface area contributed by atoms with E-state index in [2.05, 4.69) is 15.7 Å². The van der Waals surface area contributed by atoms with Crippen LogP contribution in [0.1, 0.15) is 26.4 Å². The fourth-order valence-electron chi connectivity index (χ4n) is 3.97. The van der Waals surface area contributed by atoms with Crippen LogP contribution in [0.2, 0.25) is 0 Å². The monoisotopic (exact) mass is 499 g/mol. The lowest BCUT2D eigenvalue weighted by atomic mass is 10.1. The number of benzene rings is 3. The maximum Gasteiger partial charge on any atom is 0.275 e. The lowest BCUT2D eigenvalue weighted by molar-refractivity contribution is -0.117. The first-order valence-electron chi connectivity index (χ1n) is 11.3. The number of primary amides is 1. The Balaban J connectivity index is 1.31. The summed E-state index contributed by atoms with van der Waals surface area (Å²) in [6.45, 7) is -0.107. The Morgan fingerprint density at radius 2 is 1.68 bits per heavy atom. The highest BCUT2D eigenvalue weighted by Crippen LogP contribution is 2.32. The molecule has 186 valence electrons. The van der Waals surface area contributed by atoms with Crippen LogP contribution in [-0.2, 0) is 17.9 Å². The Labute approximate surface area is 209 Å². The molecule has 0 unspecified atom stereocenters. The van der Waals surface area contributed by atoms with Gasteiger partial charge in [0.25, 0.3) is 17.4 Å². The van der Waals surface area contributed by atoms with Gasteiger partial charge < -0.3 is 25.8 Å². The minimum Gasteiger partial charge on any atom is -0.454 e. The molecular formula is C26H21N5O6. The third-order valence-corrected chi connectivity index (χ3v) is 5.73. The fraction of sp³-hybridized carbons (Fsp3) is 0.115. The van der Waals surface area contributed by atoms with E-state index in [-0.39, 0.29) is 35.7 Å². The molecule has 11 heteroatoms. The van der Waals surface area contributed by atoms with Gasteiger partial charge in [-0.25, -0.2) is 4.68 Å². The topological polar surface area (TPSA) is 155 Å². The normalized spacial score (nSPS) is 11.8. The van der Waals surface area contributed by atoms with Crippen LogP contribution < -0.4 is 31.4 Å². The van der Waals surface area contributed by atoms with Gasteiger partial charge in [0.15, 0.2) is 17.2 Å². The van der Waals surface area contributed by atoms with Crippen molar-refractivity contribution in [3.63, 3.8) is 0 Å². The van der Waals surface area contributed by atoms with Crippen LogP contribution in [0.3, 0.4) is 0 Å². The zero-order chi connectivity index (χ0) is 25.9. The number of nitrogens with two attached hydrogens (primary N) is 1. The standard InChI is InChI=1S/C26H21N5O6/c27-24(33)23-16-5-1-2-6-17(16)26(35)31(30-23)13-22(32)29-19-8-4-3-7-18(19)25(34)28-12-15-9-10-20-21(11-15)37-14-36-20/h1-11H,12-14H2,(H2,27,33)(H,28,34)(H,29,32). The fourth-order valence-corrected chi connectivity index (χ4v) is 3.97. The van der Waals surface area contributed by atoms with E-state index in [0.717, 1.165) is 10.2 Å². The molecule has 0 atom stereocenters. The number of para-hydroxylation sites is 1. The number of hydrogen-bond donors (Lipinski definition) is 3. The highest BCUT2D eigenvalue weighted by Gasteiger charge is 2.18. The lowest BCUT2D eigenvalue weighted by Gasteiger charge is -2.13. The summed E-state index contributed by atoms with van der Waals surface area (Å²) >= 11 is 0. The van der Waals surface area contributed by atoms with Crippen molar-refractivity contribution in [1.82, 2.24) is 15.1 Å². The Hall–Kier alpha value is -5.19. The van der Waals surface area contributed by atoms with E-state index in [9.17, 15) is 19.2 Å². The molecule has 1 aromatic heterocycles. The van der Waals surface area contributed by atoms with Crippen LogP contribution in [0, 0.1) is 0 Å². The van der Waals surface area contributed by atoms with Crippen LogP contribution in [0.15, 0.2) is 71.5 Å². The summed E-state index contributed by atoms with van der Waals surface area (Å²) in [6.07, 6.45) is 0. The molecule has 4 aromatic rings. The number of amides is 3. The predicted molar refractivity (Wildman–Crippen MR) is 133 cm³/mol. The van der Waals surface area contributed by atoms with Gasteiger partial charge in [0.2, 0.25) is 12.7 Å². The molecule has 0 aliphatic carbocycles. The van der Waals surface area contributed by atoms with Crippen molar-refractivity contribution in [1.29, 1.82) is 0 Å². The van der Waals surface area contributed by atoms with Crippen LogP contribution in [0.25, 0.3) is 10.8 Å². The van der Waals surface area contributed by atoms with Crippen molar-refractivity contribution >= 4 is 34.2 Å². The number of carbonyl (C=O) groups excluding carboxylic acids is 3. The molecule has 0 spiro atoms. The summed E-state index contributed by atoms with van der Waals surface area (Å²) in [5, 5.41) is 9.97. The van der Waals surface area contributed by atoms with E-state index in [1.165, 1.54) is 6.07 Å². The largest absolute Gasteiger partial charge is 0.454 e. The van der Waals surface area contributed by atoms with Gasteiger partial charge in [-0.2, -0.15) is 5.10 Å². The van der Waals surface area contributed by atoms with Gasteiger partial charge in [-0.3, -0.25) is 19.2 Å². The van der Waals surface area contributed by atoms with Gasteiger partial charge in [-0.05, 0) is 35.9 Å². The number of fused-ring (bicyclic) bond motifs is 2. The van der Waals surface area contributed by atoms with Crippen molar-refractivity contribution in [2.75, 3.05) is 12.1 Å². The number of carbonyl (C=O) groups is 3. The van der Waals surface area contributed by atoms with Crippen LogP contribution >= 0.6 is 0 Å². The molecule has 37 heavy (non-hydrogen) atoms. The van der Waals surface area contributed by atoms with Crippen molar-refractivity contribution < 1.29 is 23.9 Å². The Morgan fingerprint density at radius 1 is 0.946 bits per heavy atom. The molecule has 3 amide bonds. The highest BCUT2D eigenvalue weighted by atomic mass is 16.7. The van der Waals surface area contributed by atoms with Crippen LogP contribution in [0.4, 0.5) is 5.69 Å². The summed E-state index contributed by atoms with van der Waals surface area (Å²) in [7, 11) is 0. The summed E-state index contributed by atoms with van der Waals surface area (Å²) in [6, 6.07) is 18.2. The second-order valence-corrected chi connectivity index (χ2v) is 8.19. The SMILES string of the molecule is NC(=O)c1nn(CC(=O)Nc2ccccc2C(=O)NCc2ccc3c(c2)OCO3)c(=O)c2ccccc12. The van der Waals surface area contributed by atoms with Gasteiger partial charge in [0, 0.05) is 11.9 Å². The zero-order valence-corrected chi connectivity index (χ0v) is 19.4. The van der Waals surface area contributed by atoms with Crippen molar-refractivity contribution in [3.8, 4) is 11.5 Å². The summed E-state index contributed by atoms with van der Waals surface area (Å²) in [5.41, 5.74) is 6.05. The molecule has 2 heterocycles. The summed E-state index contributed by atoms with van der Waals surface area (Å²) in [4.78, 5) is 50.4. The molecule has 0 saturated heterocycles. The zero-order valence-electron chi connectivity index (χ0n) is 19.4. The molecule has 0 fully saturated rings. The van der Waals surface area contributed by atoms with Crippen molar-refractivity contribution in [2.45, 2.75) is 13.1 Å². The molecule has 3 aromatic carbocycles. The number of hydrogen-bond acceptors (Lipinski definition) is 7. The maximum atomic E-state index is 12.9. The first-order valence-corrected chi connectivity index (χ1v) is 11.3. The van der Waals surface area contributed by atoms with E-state index < -0.39 is 29.8 Å². The minimum absolute atomic E-state index is 0.119. The quantitative estimate of drug-likeness (QED) is 0.350. The van der Waals surface area contributed by atoms with Crippen LogP contribution in [0.5, 0.6) is 11.5 Å².